The van der Waals surface area contributed by atoms with Crippen LogP contribution in [0.2, 0.25) is 0 Å². The first-order valence-electron chi connectivity index (χ1n) is 18.1. The van der Waals surface area contributed by atoms with Gasteiger partial charge < -0.3 is 20.3 Å². The third kappa shape index (κ3) is 15.8. The van der Waals surface area contributed by atoms with Crippen molar-refractivity contribution < 1.29 is 38.9 Å². The second-order valence-electron chi connectivity index (χ2n) is 14.0. The molecule has 3 N–H and O–H groups in total. The van der Waals surface area contributed by atoms with Gasteiger partial charge in [0.2, 0.25) is 6.10 Å². The molecule has 2 aromatic carbocycles. The van der Waals surface area contributed by atoms with Crippen LogP contribution in [0, 0.1) is 5.41 Å². The topological polar surface area (TPSA) is 147 Å². The number of unbranched alkanes of at least 4 members (excludes halogenated alkanes) is 15. The van der Waals surface area contributed by atoms with Crippen LogP contribution in [0.25, 0.3) is 0 Å². The molecule has 2 aromatic rings. The van der Waals surface area contributed by atoms with Gasteiger partial charge >= 0.3 is 11.9 Å². The standard InChI is InChI=1S/C40H57NO8/c1-5-6-7-8-9-10-11-12-13-14-15-16-17-18-19-20-21-34(42)29-22-24-33(25-23-29)49-35(36(43)40(2,3)4)37(44)41-32-27-30(38(45)46)26-31(28-32)39(47)48/h22-28,35H,5-21H2,1-4H3,(H,41,44)(H,45,46)(H,47,48). The summed E-state index contributed by atoms with van der Waals surface area (Å²) in [7, 11) is 0. The highest BCUT2D eigenvalue weighted by molar-refractivity contribution is 6.12. The summed E-state index contributed by atoms with van der Waals surface area (Å²) in [6.07, 6.45) is 19.1. The maximum atomic E-state index is 13.3. The second kappa shape index (κ2) is 21.9. The Balaban J connectivity index is 1.80. The molecular formula is C40H57NO8. The molecule has 49 heavy (non-hydrogen) atoms. The summed E-state index contributed by atoms with van der Waals surface area (Å²) >= 11 is 0. The zero-order valence-electron chi connectivity index (χ0n) is 30.0. The fourth-order valence-corrected chi connectivity index (χ4v) is 5.61. The number of ketones is 2. The van der Waals surface area contributed by atoms with Crippen LogP contribution in [-0.4, -0.2) is 45.7 Å². The lowest BCUT2D eigenvalue weighted by molar-refractivity contribution is -0.140. The van der Waals surface area contributed by atoms with Crippen molar-refractivity contribution in [3.8, 4) is 5.75 Å². The van der Waals surface area contributed by atoms with E-state index in [1.54, 1.807) is 32.9 Å². The third-order valence-corrected chi connectivity index (χ3v) is 8.60. The largest absolute Gasteiger partial charge is 0.478 e. The van der Waals surface area contributed by atoms with Crippen molar-refractivity contribution in [2.24, 2.45) is 5.41 Å². The van der Waals surface area contributed by atoms with Gasteiger partial charge in [-0.15, -0.1) is 0 Å². The number of anilines is 1. The van der Waals surface area contributed by atoms with Gasteiger partial charge in [-0.1, -0.05) is 124 Å². The van der Waals surface area contributed by atoms with Gasteiger partial charge in [-0.2, -0.15) is 0 Å². The van der Waals surface area contributed by atoms with Gasteiger partial charge in [-0.05, 0) is 48.9 Å². The minimum atomic E-state index is -1.62. The number of hydrogen-bond donors (Lipinski definition) is 3. The summed E-state index contributed by atoms with van der Waals surface area (Å²) < 4.78 is 5.82. The fraction of sp³-hybridized carbons (Fsp3) is 0.575. The van der Waals surface area contributed by atoms with E-state index >= 15 is 0 Å². The molecule has 0 saturated carbocycles. The molecule has 0 heterocycles. The van der Waals surface area contributed by atoms with Crippen LogP contribution in [0.15, 0.2) is 42.5 Å². The zero-order valence-corrected chi connectivity index (χ0v) is 30.0. The van der Waals surface area contributed by atoms with Crippen LogP contribution in [0.5, 0.6) is 5.75 Å². The van der Waals surface area contributed by atoms with Gasteiger partial charge in [0.25, 0.3) is 5.91 Å². The van der Waals surface area contributed by atoms with E-state index in [9.17, 15) is 34.2 Å². The number of amides is 1. The molecule has 0 bridgehead atoms. The van der Waals surface area contributed by atoms with E-state index < -0.39 is 35.1 Å². The predicted molar refractivity (Wildman–Crippen MR) is 193 cm³/mol. The Hall–Kier alpha value is -4.01. The van der Waals surface area contributed by atoms with Crippen molar-refractivity contribution in [1.29, 1.82) is 0 Å². The van der Waals surface area contributed by atoms with Gasteiger partial charge in [0.1, 0.15) is 5.75 Å². The fourth-order valence-electron chi connectivity index (χ4n) is 5.61. The first kappa shape index (κ1) is 41.2. The van der Waals surface area contributed by atoms with E-state index in [4.69, 9.17) is 4.74 Å². The number of carboxylic acids is 2. The number of aromatic carboxylic acids is 2. The smallest absolute Gasteiger partial charge is 0.335 e. The lowest BCUT2D eigenvalue weighted by atomic mass is 9.87. The first-order valence-corrected chi connectivity index (χ1v) is 18.1. The van der Waals surface area contributed by atoms with E-state index in [0.717, 1.165) is 37.5 Å². The lowest BCUT2D eigenvalue weighted by Crippen LogP contribution is -2.45. The lowest BCUT2D eigenvalue weighted by Gasteiger charge is -2.25. The van der Waals surface area contributed by atoms with Gasteiger partial charge in [0, 0.05) is 23.1 Å². The SMILES string of the molecule is CCCCCCCCCCCCCCCCCCC(=O)c1ccc(OC(C(=O)Nc2cc(C(=O)O)cc(C(=O)O)c2)C(=O)C(C)(C)C)cc1. The summed E-state index contributed by atoms with van der Waals surface area (Å²) in [4.78, 5) is 62.2. The van der Waals surface area contributed by atoms with Crippen LogP contribution < -0.4 is 10.1 Å². The summed E-state index contributed by atoms with van der Waals surface area (Å²) in [5.74, 6) is -3.96. The first-order chi connectivity index (χ1) is 23.3. The number of carbonyl (C=O) groups is 5. The molecule has 0 spiro atoms. The quantitative estimate of drug-likeness (QED) is 0.0534. The highest BCUT2D eigenvalue weighted by Crippen LogP contribution is 2.24. The van der Waals surface area contributed by atoms with Gasteiger partial charge in [0.05, 0.1) is 11.1 Å². The molecule has 0 aromatic heterocycles. The van der Waals surface area contributed by atoms with E-state index in [1.165, 1.54) is 95.6 Å². The Morgan fingerprint density at radius 1 is 0.633 bits per heavy atom. The van der Waals surface area contributed by atoms with E-state index in [0.29, 0.717) is 12.0 Å². The summed E-state index contributed by atoms with van der Waals surface area (Å²) in [5, 5.41) is 21.1. The number of carbonyl (C=O) groups excluding carboxylic acids is 3. The number of nitrogens with one attached hydrogen (secondary N) is 1. The highest BCUT2D eigenvalue weighted by atomic mass is 16.5. The predicted octanol–water partition coefficient (Wildman–Crippen LogP) is 9.92. The maximum absolute atomic E-state index is 13.3. The van der Waals surface area contributed by atoms with Crippen molar-refractivity contribution in [2.75, 3.05) is 5.32 Å². The van der Waals surface area contributed by atoms with E-state index in [1.807, 2.05) is 0 Å². The minimum Gasteiger partial charge on any atom is -0.478 e. The number of hydrogen-bond acceptors (Lipinski definition) is 6. The summed E-state index contributed by atoms with van der Waals surface area (Å²) in [6.45, 7) is 7.15. The molecule has 9 nitrogen and oxygen atoms in total. The van der Waals surface area contributed by atoms with Gasteiger partial charge in [0.15, 0.2) is 11.6 Å². The number of Topliss-reactive ketones (excluding diaryl/α,β-unsaturated/α-hetero) is 2. The monoisotopic (exact) mass is 679 g/mol. The number of benzene rings is 2. The van der Waals surface area contributed by atoms with E-state index in [-0.39, 0.29) is 28.3 Å². The van der Waals surface area contributed by atoms with Crippen LogP contribution in [-0.2, 0) is 9.59 Å². The van der Waals surface area contributed by atoms with Crippen molar-refractivity contribution in [3.63, 3.8) is 0 Å². The van der Waals surface area contributed by atoms with Gasteiger partial charge in [-0.3, -0.25) is 14.4 Å². The molecule has 0 radical (unpaired) electrons. The van der Waals surface area contributed by atoms with Crippen LogP contribution in [0.3, 0.4) is 0 Å². The van der Waals surface area contributed by atoms with E-state index in [2.05, 4.69) is 12.2 Å². The average Bonchev–Trinajstić information content (AvgIpc) is 3.06. The maximum Gasteiger partial charge on any atom is 0.335 e. The molecule has 1 atom stereocenters. The Labute approximate surface area is 292 Å². The molecule has 1 unspecified atom stereocenters. The van der Waals surface area contributed by atoms with Gasteiger partial charge in [-0.25, -0.2) is 9.59 Å². The second-order valence-corrected chi connectivity index (χ2v) is 14.0. The Morgan fingerprint density at radius 2 is 1.06 bits per heavy atom. The molecule has 2 rings (SSSR count). The Bertz CT molecular complexity index is 1330. The Morgan fingerprint density at radius 3 is 1.47 bits per heavy atom. The van der Waals surface area contributed by atoms with Crippen LogP contribution >= 0.6 is 0 Å². The molecule has 0 saturated heterocycles. The van der Waals surface area contributed by atoms with Crippen LogP contribution in [0.1, 0.15) is 168 Å². The highest BCUT2D eigenvalue weighted by Gasteiger charge is 2.37. The molecular weight excluding hydrogens is 622 g/mol. The van der Waals surface area contributed by atoms with Crippen molar-refractivity contribution in [2.45, 2.75) is 143 Å². The summed E-state index contributed by atoms with van der Waals surface area (Å²) in [6, 6.07) is 9.45. The average molecular weight is 680 g/mol. The number of ether oxygens (including phenoxy) is 1. The number of rotatable bonds is 25. The molecule has 0 aliphatic carbocycles. The summed E-state index contributed by atoms with van der Waals surface area (Å²) in [5.41, 5.74) is -1.24. The molecule has 9 heteroatoms. The van der Waals surface area contributed by atoms with Crippen molar-refractivity contribution >= 4 is 35.1 Å². The molecule has 270 valence electrons. The van der Waals surface area contributed by atoms with Crippen molar-refractivity contribution in [1.82, 2.24) is 0 Å². The Kier molecular flexibility index (Phi) is 18.4. The minimum absolute atomic E-state index is 0.0181. The van der Waals surface area contributed by atoms with Crippen LogP contribution in [0.4, 0.5) is 5.69 Å². The number of carboxylic acid groups (broad SMARTS) is 2. The molecule has 1 amide bonds. The van der Waals surface area contributed by atoms with Crippen molar-refractivity contribution in [3.05, 3.63) is 59.2 Å². The zero-order chi connectivity index (χ0) is 36.2. The molecule has 0 aliphatic rings. The third-order valence-electron chi connectivity index (χ3n) is 8.60. The molecule has 0 fully saturated rings. The molecule has 0 aliphatic heterocycles. The normalized spacial score (nSPS) is 11.9.